The zero-order valence-corrected chi connectivity index (χ0v) is 11.4. The van der Waals surface area contributed by atoms with Crippen molar-refractivity contribution in [3.63, 3.8) is 0 Å². The van der Waals surface area contributed by atoms with Crippen LogP contribution in [0.5, 0.6) is 0 Å². The summed E-state index contributed by atoms with van der Waals surface area (Å²) in [6.45, 7) is 4.13. The number of nitrogens with one attached hydrogen (secondary N) is 1. The third kappa shape index (κ3) is 3.82. The van der Waals surface area contributed by atoms with E-state index in [1.165, 1.54) is 18.2 Å². The van der Waals surface area contributed by atoms with Crippen molar-refractivity contribution in [1.29, 1.82) is 0 Å². The van der Waals surface area contributed by atoms with Gasteiger partial charge in [0.1, 0.15) is 11.6 Å². The van der Waals surface area contributed by atoms with E-state index in [4.69, 9.17) is 4.42 Å². The number of hydrogen-bond donors (Lipinski definition) is 1. The first-order valence-corrected chi connectivity index (χ1v) is 6.32. The summed E-state index contributed by atoms with van der Waals surface area (Å²) in [6.07, 6.45) is 1.49. The molecule has 1 aromatic carbocycles. The molecule has 3 nitrogen and oxygen atoms in total. The molecule has 0 saturated heterocycles. The van der Waals surface area contributed by atoms with Crippen LogP contribution in [0.3, 0.4) is 0 Å². The number of aryl methyl sites for hydroxylation is 1. The standard InChI is InChI=1S/C16H16FNO2/c1-11(9-15(19)16-8-3-12(2)20-16)18-10-13-4-6-14(17)7-5-13/h3-9,18H,10H2,1-2H3/b11-9+. The zero-order valence-electron chi connectivity index (χ0n) is 11.4. The lowest BCUT2D eigenvalue weighted by Gasteiger charge is -2.06. The number of halogens is 1. The second kappa shape index (κ2) is 6.19. The van der Waals surface area contributed by atoms with E-state index in [0.717, 1.165) is 11.3 Å². The number of hydrogen-bond acceptors (Lipinski definition) is 3. The second-order valence-electron chi connectivity index (χ2n) is 4.58. The first-order chi connectivity index (χ1) is 9.54. The van der Waals surface area contributed by atoms with Gasteiger partial charge in [-0.2, -0.15) is 0 Å². The van der Waals surface area contributed by atoms with Gasteiger partial charge in [-0.3, -0.25) is 4.79 Å². The van der Waals surface area contributed by atoms with Crippen LogP contribution in [0.15, 0.2) is 52.6 Å². The molecule has 1 N–H and O–H groups in total. The van der Waals surface area contributed by atoms with Gasteiger partial charge >= 0.3 is 0 Å². The van der Waals surface area contributed by atoms with Crippen LogP contribution >= 0.6 is 0 Å². The van der Waals surface area contributed by atoms with Crippen LogP contribution in [-0.2, 0) is 6.54 Å². The molecule has 0 spiro atoms. The van der Waals surface area contributed by atoms with Gasteiger partial charge in [0, 0.05) is 18.3 Å². The summed E-state index contributed by atoms with van der Waals surface area (Å²) in [4.78, 5) is 11.9. The monoisotopic (exact) mass is 273 g/mol. The van der Waals surface area contributed by atoms with Crippen molar-refractivity contribution in [2.24, 2.45) is 0 Å². The third-order valence-electron chi connectivity index (χ3n) is 2.82. The number of carbonyl (C=O) groups is 1. The molecular formula is C16H16FNO2. The fourth-order valence-corrected chi connectivity index (χ4v) is 1.73. The Morgan fingerprint density at radius 2 is 1.95 bits per heavy atom. The molecular weight excluding hydrogens is 257 g/mol. The molecule has 0 fully saturated rings. The maximum atomic E-state index is 12.8. The molecule has 0 atom stereocenters. The van der Waals surface area contributed by atoms with E-state index in [2.05, 4.69) is 5.32 Å². The van der Waals surface area contributed by atoms with Crippen LogP contribution in [0.2, 0.25) is 0 Å². The molecule has 104 valence electrons. The van der Waals surface area contributed by atoms with Gasteiger partial charge in [0.15, 0.2) is 5.76 Å². The summed E-state index contributed by atoms with van der Waals surface area (Å²) in [5.74, 6) is 0.593. The van der Waals surface area contributed by atoms with Crippen molar-refractivity contribution in [1.82, 2.24) is 5.32 Å². The van der Waals surface area contributed by atoms with Crippen molar-refractivity contribution in [2.45, 2.75) is 20.4 Å². The van der Waals surface area contributed by atoms with Gasteiger partial charge in [-0.25, -0.2) is 4.39 Å². The number of benzene rings is 1. The fraction of sp³-hybridized carbons (Fsp3) is 0.188. The molecule has 0 saturated carbocycles. The molecule has 0 aliphatic rings. The predicted molar refractivity (Wildman–Crippen MR) is 74.8 cm³/mol. The van der Waals surface area contributed by atoms with Crippen LogP contribution in [0.1, 0.15) is 28.8 Å². The first kappa shape index (κ1) is 14.1. The topological polar surface area (TPSA) is 42.2 Å². The molecule has 0 aliphatic carbocycles. The Balaban J connectivity index is 1.94. The Hall–Kier alpha value is -2.36. The van der Waals surface area contributed by atoms with Crippen molar-refractivity contribution >= 4 is 5.78 Å². The summed E-state index contributed by atoms with van der Waals surface area (Å²) in [7, 11) is 0. The van der Waals surface area contributed by atoms with Crippen molar-refractivity contribution in [3.05, 3.63) is 71.1 Å². The van der Waals surface area contributed by atoms with Crippen LogP contribution in [-0.4, -0.2) is 5.78 Å². The minimum Gasteiger partial charge on any atom is -0.458 e. The van der Waals surface area contributed by atoms with E-state index >= 15 is 0 Å². The quantitative estimate of drug-likeness (QED) is 0.668. The second-order valence-corrected chi connectivity index (χ2v) is 4.58. The normalized spacial score (nSPS) is 11.4. The van der Waals surface area contributed by atoms with E-state index in [9.17, 15) is 9.18 Å². The lowest BCUT2D eigenvalue weighted by atomic mass is 10.2. The third-order valence-corrected chi connectivity index (χ3v) is 2.82. The molecule has 0 unspecified atom stereocenters. The molecule has 0 bridgehead atoms. The van der Waals surface area contributed by atoms with E-state index < -0.39 is 0 Å². The van der Waals surface area contributed by atoms with Gasteiger partial charge in [-0.15, -0.1) is 0 Å². The average Bonchev–Trinajstić information content (AvgIpc) is 2.85. The van der Waals surface area contributed by atoms with E-state index in [0.29, 0.717) is 18.1 Å². The first-order valence-electron chi connectivity index (χ1n) is 6.32. The van der Waals surface area contributed by atoms with E-state index in [1.807, 2.05) is 0 Å². The fourth-order valence-electron chi connectivity index (χ4n) is 1.73. The maximum absolute atomic E-state index is 12.8. The maximum Gasteiger partial charge on any atom is 0.222 e. The lowest BCUT2D eigenvalue weighted by molar-refractivity contribution is 0.101. The smallest absolute Gasteiger partial charge is 0.222 e. The minimum atomic E-state index is -0.260. The van der Waals surface area contributed by atoms with E-state index in [1.54, 1.807) is 38.1 Å². The van der Waals surface area contributed by atoms with Crippen molar-refractivity contribution in [2.75, 3.05) is 0 Å². The summed E-state index contributed by atoms with van der Waals surface area (Å²) in [5, 5.41) is 3.10. The Kier molecular flexibility index (Phi) is 4.35. The Morgan fingerprint density at radius 1 is 1.25 bits per heavy atom. The van der Waals surface area contributed by atoms with Gasteiger partial charge in [-0.05, 0) is 43.7 Å². The van der Waals surface area contributed by atoms with Crippen LogP contribution in [0, 0.1) is 12.7 Å². The highest BCUT2D eigenvalue weighted by atomic mass is 19.1. The Bertz CT molecular complexity index is 626. The van der Waals surface area contributed by atoms with Crippen LogP contribution in [0.25, 0.3) is 0 Å². The largest absolute Gasteiger partial charge is 0.458 e. The van der Waals surface area contributed by atoms with Gasteiger partial charge in [0.05, 0.1) is 0 Å². The van der Waals surface area contributed by atoms with E-state index in [-0.39, 0.29) is 11.6 Å². The zero-order chi connectivity index (χ0) is 14.5. The van der Waals surface area contributed by atoms with Gasteiger partial charge in [-0.1, -0.05) is 12.1 Å². The Labute approximate surface area is 117 Å². The molecule has 4 heteroatoms. The molecule has 1 aromatic heterocycles. The highest BCUT2D eigenvalue weighted by molar-refractivity contribution is 6.02. The van der Waals surface area contributed by atoms with Crippen molar-refractivity contribution in [3.8, 4) is 0 Å². The van der Waals surface area contributed by atoms with Gasteiger partial charge < -0.3 is 9.73 Å². The lowest BCUT2D eigenvalue weighted by Crippen LogP contribution is -2.12. The summed E-state index contributed by atoms with van der Waals surface area (Å²) in [6, 6.07) is 9.63. The van der Waals surface area contributed by atoms with Crippen LogP contribution in [0.4, 0.5) is 4.39 Å². The summed E-state index contributed by atoms with van der Waals surface area (Å²) in [5.41, 5.74) is 1.67. The number of carbonyl (C=O) groups excluding carboxylic acids is 1. The SMILES string of the molecule is C/C(=C\C(=O)c1ccc(C)o1)NCc1ccc(F)cc1. The number of ketones is 1. The highest BCUT2D eigenvalue weighted by Gasteiger charge is 2.07. The van der Waals surface area contributed by atoms with Crippen LogP contribution < -0.4 is 5.32 Å². The average molecular weight is 273 g/mol. The molecule has 0 radical (unpaired) electrons. The summed E-state index contributed by atoms with van der Waals surface area (Å²) < 4.78 is 18.0. The minimum absolute atomic E-state index is 0.179. The molecule has 2 rings (SSSR count). The Morgan fingerprint density at radius 3 is 2.55 bits per heavy atom. The number of allylic oxidation sites excluding steroid dienone is 2. The number of furan rings is 1. The summed E-state index contributed by atoms with van der Waals surface area (Å²) >= 11 is 0. The van der Waals surface area contributed by atoms with Gasteiger partial charge in [0.2, 0.25) is 5.78 Å². The molecule has 0 amide bonds. The molecule has 2 aromatic rings. The number of rotatable bonds is 5. The predicted octanol–water partition coefficient (Wildman–Crippen LogP) is 3.60. The van der Waals surface area contributed by atoms with Crippen molar-refractivity contribution < 1.29 is 13.6 Å². The highest BCUT2D eigenvalue weighted by Crippen LogP contribution is 2.09. The molecule has 0 aliphatic heterocycles. The molecule has 20 heavy (non-hydrogen) atoms. The molecule has 1 heterocycles. The van der Waals surface area contributed by atoms with Gasteiger partial charge in [0.25, 0.3) is 0 Å².